The van der Waals surface area contributed by atoms with Crippen LogP contribution >= 0.6 is 15.9 Å². The first-order valence-electron chi connectivity index (χ1n) is 4.50. The monoisotopic (exact) mass is 278 g/mol. The second-order valence-corrected chi connectivity index (χ2v) is 3.90. The number of rotatable bonds is 2. The number of carbonyl (C=O) groups is 1. The lowest BCUT2D eigenvalue weighted by atomic mass is 10.2. The molecule has 1 aromatic carbocycles. The van der Waals surface area contributed by atoms with Gasteiger partial charge in [0.2, 0.25) is 0 Å². The van der Waals surface area contributed by atoms with E-state index in [1.54, 1.807) is 0 Å². The third-order valence-corrected chi connectivity index (χ3v) is 2.68. The number of hydrogen-bond acceptors (Lipinski definition) is 3. The molecular formula is C11H7BrN2O2. The zero-order valence-corrected chi connectivity index (χ0v) is 9.68. The molecule has 1 N–H and O–H groups in total. The molecule has 0 bridgehead atoms. The third kappa shape index (κ3) is 2.09. The highest BCUT2D eigenvalue weighted by Gasteiger charge is 2.09. The van der Waals surface area contributed by atoms with Crippen molar-refractivity contribution in [3.05, 3.63) is 46.7 Å². The Labute approximate surface area is 100 Å². The fraction of sp³-hybridized carbons (Fsp3) is 0. The molecule has 0 fully saturated rings. The Kier molecular flexibility index (Phi) is 2.96. The molecule has 0 amide bonds. The Balaban J connectivity index is 2.53. The lowest BCUT2D eigenvalue weighted by Gasteiger charge is -2.02. The number of benzene rings is 1. The second-order valence-electron chi connectivity index (χ2n) is 3.05. The molecule has 0 aliphatic carbocycles. The van der Waals surface area contributed by atoms with Gasteiger partial charge in [0, 0.05) is 16.2 Å². The van der Waals surface area contributed by atoms with Gasteiger partial charge in [-0.3, -0.25) is 0 Å². The predicted octanol–water partition coefficient (Wildman–Crippen LogP) is 2.60. The number of halogens is 1. The highest BCUT2D eigenvalue weighted by Crippen LogP contribution is 2.24. The Hall–Kier alpha value is -1.75. The van der Waals surface area contributed by atoms with Crippen molar-refractivity contribution in [2.24, 2.45) is 0 Å². The van der Waals surface area contributed by atoms with Crippen LogP contribution in [0.15, 0.2) is 41.0 Å². The minimum absolute atomic E-state index is 0.0132. The highest BCUT2D eigenvalue weighted by atomic mass is 79.9. The molecule has 0 atom stereocenters. The summed E-state index contributed by atoms with van der Waals surface area (Å²) in [7, 11) is 0. The van der Waals surface area contributed by atoms with E-state index in [-0.39, 0.29) is 5.69 Å². The topological polar surface area (TPSA) is 63.1 Å². The molecule has 0 aliphatic rings. The fourth-order valence-electron chi connectivity index (χ4n) is 1.25. The van der Waals surface area contributed by atoms with E-state index in [1.807, 2.05) is 24.3 Å². The largest absolute Gasteiger partial charge is 0.477 e. The molecule has 0 saturated carbocycles. The van der Waals surface area contributed by atoms with Crippen LogP contribution in [0.2, 0.25) is 0 Å². The van der Waals surface area contributed by atoms with Crippen molar-refractivity contribution in [2.75, 3.05) is 0 Å². The summed E-state index contributed by atoms with van der Waals surface area (Å²) in [4.78, 5) is 18.8. The summed E-state index contributed by atoms with van der Waals surface area (Å²) in [6.45, 7) is 0. The van der Waals surface area contributed by atoms with Gasteiger partial charge in [-0.05, 0) is 12.1 Å². The van der Waals surface area contributed by atoms with Gasteiger partial charge in [0.1, 0.15) is 0 Å². The Morgan fingerprint density at radius 2 is 2.00 bits per heavy atom. The van der Waals surface area contributed by atoms with Crippen LogP contribution in [-0.2, 0) is 0 Å². The van der Waals surface area contributed by atoms with Crippen LogP contribution in [-0.4, -0.2) is 21.0 Å². The normalized spacial score (nSPS) is 10.1. The van der Waals surface area contributed by atoms with Crippen LogP contribution < -0.4 is 0 Å². The van der Waals surface area contributed by atoms with Crippen LogP contribution in [0.4, 0.5) is 0 Å². The van der Waals surface area contributed by atoms with Gasteiger partial charge in [-0.15, -0.1) is 0 Å². The van der Waals surface area contributed by atoms with Gasteiger partial charge in [0.25, 0.3) is 0 Å². The van der Waals surface area contributed by atoms with Gasteiger partial charge in [0.15, 0.2) is 11.5 Å². The van der Waals surface area contributed by atoms with Crippen molar-refractivity contribution in [3.8, 4) is 11.4 Å². The van der Waals surface area contributed by atoms with Gasteiger partial charge in [0.05, 0.1) is 0 Å². The van der Waals surface area contributed by atoms with Crippen molar-refractivity contribution < 1.29 is 9.90 Å². The lowest BCUT2D eigenvalue weighted by Crippen LogP contribution is -2.02. The summed E-state index contributed by atoms with van der Waals surface area (Å²) >= 11 is 3.37. The van der Waals surface area contributed by atoms with Crippen molar-refractivity contribution in [2.45, 2.75) is 0 Å². The van der Waals surface area contributed by atoms with Crippen molar-refractivity contribution >= 4 is 21.9 Å². The van der Waals surface area contributed by atoms with Crippen LogP contribution in [0.25, 0.3) is 11.4 Å². The van der Waals surface area contributed by atoms with Crippen molar-refractivity contribution in [1.82, 2.24) is 9.97 Å². The molecule has 0 spiro atoms. The van der Waals surface area contributed by atoms with Crippen LogP contribution in [0.5, 0.6) is 0 Å². The first-order valence-corrected chi connectivity index (χ1v) is 5.29. The fourth-order valence-corrected chi connectivity index (χ4v) is 1.71. The minimum Gasteiger partial charge on any atom is -0.477 e. The molecule has 4 nitrogen and oxygen atoms in total. The van der Waals surface area contributed by atoms with Crippen molar-refractivity contribution in [3.63, 3.8) is 0 Å². The van der Waals surface area contributed by atoms with Crippen LogP contribution in [0.1, 0.15) is 10.5 Å². The zero-order valence-electron chi connectivity index (χ0n) is 8.09. The van der Waals surface area contributed by atoms with E-state index in [9.17, 15) is 4.79 Å². The molecule has 80 valence electrons. The molecular weight excluding hydrogens is 272 g/mol. The Morgan fingerprint density at radius 1 is 1.25 bits per heavy atom. The predicted molar refractivity (Wildman–Crippen MR) is 62.1 cm³/mol. The number of carboxylic acid groups (broad SMARTS) is 1. The molecule has 2 aromatic rings. The molecule has 0 saturated heterocycles. The number of hydrogen-bond donors (Lipinski definition) is 1. The molecule has 0 aliphatic heterocycles. The molecule has 1 aromatic heterocycles. The van der Waals surface area contributed by atoms with E-state index in [2.05, 4.69) is 25.9 Å². The maximum atomic E-state index is 10.8. The average molecular weight is 279 g/mol. The number of aromatic carboxylic acids is 1. The Bertz CT molecular complexity index is 543. The first-order chi connectivity index (χ1) is 7.68. The van der Waals surface area contributed by atoms with E-state index in [1.165, 1.54) is 12.3 Å². The molecule has 5 heteroatoms. The zero-order chi connectivity index (χ0) is 11.5. The summed E-state index contributed by atoms with van der Waals surface area (Å²) in [5.41, 5.74) is 0.756. The van der Waals surface area contributed by atoms with Gasteiger partial charge in [-0.25, -0.2) is 14.8 Å². The summed E-state index contributed by atoms with van der Waals surface area (Å²) in [6, 6.07) is 8.76. The first kappa shape index (κ1) is 10.8. The smallest absolute Gasteiger partial charge is 0.354 e. The maximum absolute atomic E-state index is 10.8. The SMILES string of the molecule is O=C(O)c1ccnc(-c2ccccc2Br)n1. The number of aromatic nitrogens is 2. The maximum Gasteiger partial charge on any atom is 0.354 e. The van der Waals surface area contributed by atoms with Gasteiger partial charge in [-0.2, -0.15) is 0 Å². The van der Waals surface area contributed by atoms with E-state index >= 15 is 0 Å². The quantitative estimate of drug-likeness (QED) is 0.917. The highest BCUT2D eigenvalue weighted by molar-refractivity contribution is 9.10. The van der Waals surface area contributed by atoms with E-state index in [0.29, 0.717) is 5.82 Å². The van der Waals surface area contributed by atoms with Gasteiger partial charge in [-0.1, -0.05) is 34.1 Å². The summed E-state index contributed by atoms with van der Waals surface area (Å²) < 4.78 is 0.831. The summed E-state index contributed by atoms with van der Waals surface area (Å²) in [5, 5.41) is 8.82. The second kappa shape index (κ2) is 4.40. The third-order valence-electron chi connectivity index (χ3n) is 1.99. The van der Waals surface area contributed by atoms with Crippen LogP contribution in [0.3, 0.4) is 0 Å². The van der Waals surface area contributed by atoms with Crippen LogP contribution in [0, 0.1) is 0 Å². The molecule has 0 radical (unpaired) electrons. The molecule has 0 unspecified atom stereocenters. The van der Waals surface area contributed by atoms with E-state index in [0.717, 1.165) is 10.0 Å². The van der Waals surface area contributed by atoms with Gasteiger partial charge < -0.3 is 5.11 Å². The molecule has 16 heavy (non-hydrogen) atoms. The molecule has 2 rings (SSSR count). The van der Waals surface area contributed by atoms with E-state index < -0.39 is 5.97 Å². The van der Waals surface area contributed by atoms with Crippen molar-refractivity contribution in [1.29, 1.82) is 0 Å². The molecule has 1 heterocycles. The standard InChI is InChI=1S/C11H7BrN2O2/c12-8-4-2-1-3-7(8)10-13-6-5-9(14-10)11(15)16/h1-6H,(H,15,16). The summed E-state index contributed by atoms with van der Waals surface area (Å²) in [6.07, 6.45) is 1.44. The number of nitrogens with zero attached hydrogens (tertiary/aromatic N) is 2. The average Bonchev–Trinajstić information content (AvgIpc) is 2.30. The summed E-state index contributed by atoms with van der Waals surface area (Å²) in [5.74, 6) is -0.664. The van der Waals surface area contributed by atoms with Gasteiger partial charge >= 0.3 is 5.97 Å². The lowest BCUT2D eigenvalue weighted by molar-refractivity contribution is 0.0690. The number of carboxylic acids is 1. The minimum atomic E-state index is -1.06. The Morgan fingerprint density at radius 3 is 2.69 bits per heavy atom. The van der Waals surface area contributed by atoms with E-state index in [4.69, 9.17) is 5.11 Å².